The maximum Gasteiger partial charge on any atom is 0.232 e. The molecule has 5 heteroatoms. The number of nitrogens with zero attached hydrogens (tertiary/aromatic N) is 4. The molecule has 0 bridgehead atoms. The number of nitrogens with one attached hydrogen (secondary N) is 1. The van der Waals surface area contributed by atoms with E-state index in [2.05, 4.69) is 39.0 Å². The van der Waals surface area contributed by atoms with Crippen LogP contribution in [0.4, 0.5) is 17.6 Å². The summed E-state index contributed by atoms with van der Waals surface area (Å²) in [7, 11) is 0. The molecule has 0 aliphatic carbocycles. The molecule has 0 saturated heterocycles. The quantitative estimate of drug-likeness (QED) is 0.746. The summed E-state index contributed by atoms with van der Waals surface area (Å²) in [5.41, 5.74) is 0.984. The monoisotopic (exact) mass is 313 g/mol. The molecular formula is C18H27N5. The minimum atomic E-state index is 0.608. The Hall–Kier alpha value is -2.17. The first-order valence-corrected chi connectivity index (χ1v) is 8.52. The van der Waals surface area contributed by atoms with Gasteiger partial charge in [-0.15, -0.1) is 0 Å². The molecule has 23 heavy (non-hydrogen) atoms. The Morgan fingerprint density at radius 2 is 1.57 bits per heavy atom. The zero-order valence-electron chi connectivity index (χ0n) is 14.4. The van der Waals surface area contributed by atoms with E-state index in [1.54, 1.807) is 0 Å². The first-order valence-electron chi connectivity index (χ1n) is 8.52. The SMILES string of the molecule is CCCCN(CCCC)c1nc(C)nc(Nc2ccccc2)n1. The first-order chi connectivity index (χ1) is 11.2. The number of anilines is 3. The Bertz CT molecular complexity index is 577. The van der Waals surface area contributed by atoms with Gasteiger partial charge in [0.25, 0.3) is 0 Å². The van der Waals surface area contributed by atoms with Gasteiger partial charge in [0.15, 0.2) is 0 Å². The fourth-order valence-electron chi connectivity index (χ4n) is 2.33. The average Bonchev–Trinajstić information content (AvgIpc) is 2.55. The Labute approximate surface area is 139 Å². The van der Waals surface area contributed by atoms with Gasteiger partial charge in [0.1, 0.15) is 5.82 Å². The van der Waals surface area contributed by atoms with Crippen LogP contribution in [-0.4, -0.2) is 28.0 Å². The van der Waals surface area contributed by atoms with Crippen LogP contribution in [0.25, 0.3) is 0 Å². The summed E-state index contributed by atoms with van der Waals surface area (Å²) in [6.07, 6.45) is 4.63. The fraction of sp³-hybridized carbons (Fsp3) is 0.500. The van der Waals surface area contributed by atoms with Crippen LogP contribution in [-0.2, 0) is 0 Å². The van der Waals surface area contributed by atoms with E-state index in [1.807, 2.05) is 37.3 Å². The average molecular weight is 313 g/mol. The molecule has 0 radical (unpaired) electrons. The van der Waals surface area contributed by atoms with E-state index in [4.69, 9.17) is 0 Å². The van der Waals surface area contributed by atoms with E-state index >= 15 is 0 Å². The number of aromatic nitrogens is 3. The third kappa shape index (κ3) is 5.51. The van der Waals surface area contributed by atoms with Crippen molar-refractivity contribution in [3.63, 3.8) is 0 Å². The van der Waals surface area contributed by atoms with Gasteiger partial charge in [0.2, 0.25) is 11.9 Å². The highest BCUT2D eigenvalue weighted by Gasteiger charge is 2.12. The van der Waals surface area contributed by atoms with Gasteiger partial charge in [-0.3, -0.25) is 0 Å². The molecule has 5 nitrogen and oxygen atoms in total. The van der Waals surface area contributed by atoms with Crippen molar-refractivity contribution < 1.29 is 0 Å². The Morgan fingerprint density at radius 1 is 0.913 bits per heavy atom. The molecule has 1 aromatic carbocycles. The van der Waals surface area contributed by atoms with E-state index < -0.39 is 0 Å². The molecule has 124 valence electrons. The lowest BCUT2D eigenvalue weighted by Gasteiger charge is -2.22. The number of para-hydroxylation sites is 1. The van der Waals surface area contributed by atoms with E-state index in [9.17, 15) is 0 Å². The van der Waals surface area contributed by atoms with Crippen LogP contribution in [0.15, 0.2) is 30.3 Å². The Balaban J connectivity index is 2.19. The molecule has 1 heterocycles. The Morgan fingerprint density at radius 3 is 2.17 bits per heavy atom. The van der Waals surface area contributed by atoms with Crippen LogP contribution in [0.5, 0.6) is 0 Å². The molecule has 0 aliphatic heterocycles. The van der Waals surface area contributed by atoms with Gasteiger partial charge in [-0.25, -0.2) is 0 Å². The van der Waals surface area contributed by atoms with Crippen LogP contribution in [0, 0.1) is 6.92 Å². The van der Waals surface area contributed by atoms with Gasteiger partial charge < -0.3 is 10.2 Å². The highest BCUT2D eigenvalue weighted by Crippen LogP contribution is 2.16. The second-order valence-electron chi connectivity index (χ2n) is 5.69. The van der Waals surface area contributed by atoms with Gasteiger partial charge in [-0.1, -0.05) is 44.9 Å². The second-order valence-corrected chi connectivity index (χ2v) is 5.69. The minimum Gasteiger partial charge on any atom is -0.341 e. The summed E-state index contributed by atoms with van der Waals surface area (Å²) in [4.78, 5) is 15.9. The summed E-state index contributed by atoms with van der Waals surface area (Å²) in [6.45, 7) is 8.31. The number of aryl methyl sites for hydroxylation is 1. The predicted octanol–water partition coefficient (Wildman–Crippen LogP) is 4.33. The van der Waals surface area contributed by atoms with E-state index in [0.29, 0.717) is 5.95 Å². The normalized spacial score (nSPS) is 10.6. The largest absolute Gasteiger partial charge is 0.341 e. The minimum absolute atomic E-state index is 0.608. The summed E-state index contributed by atoms with van der Waals surface area (Å²) >= 11 is 0. The third-order valence-corrected chi connectivity index (χ3v) is 3.61. The standard InChI is InChI=1S/C18H27N5/c1-4-6-13-23(14-7-5-2)18-20-15(3)19-17(22-18)21-16-11-9-8-10-12-16/h8-12H,4-7,13-14H2,1-3H3,(H,19,20,21,22). The molecule has 1 aromatic heterocycles. The number of hydrogen-bond donors (Lipinski definition) is 1. The molecule has 1 N–H and O–H groups in total. The fourth-order valence-corrected chi connectivity index (χ4v) is 2.33. The van der Waals surface area contributed by atoms with Crippen LogP contribution in [0.2, 0.25) is 0 Å². The van der Waals surface area contributed by atoms with Crippen molar-refractivity contribution in [3.05, 3.63) is 36.2 Å². The van der Waals surface area contributed by atoms with Crippen molar-refractivity contribution in [2.45, 2.75) is 46.5 Å². The zero-order valence-corrected chi connectivity index (χ0v) is 14.4. The van der Waals surface area contributed by atoms with E-state index in [-0.39, 0.29) is 0 Å². The van der Waals surface area contributed by atoms with Crippen molar-refractivity contribution in [1.29, 1.82) is 0 Å². The number of benzene rings is 1. The van der Waals surface area contributed by atoms with Crippen molar-refractivity contribution in [2.24, 2.45) is 0 Å². The summed E-state index contributed by atoms with van der Waals surface area (Å²) in [6, 6.07) is 9.99. The van der Waals surface area contributed by atoms with E-state index in [1.165, 1.54) is 12.8 Å². The van der Waals surface area contributed by atoms with Gasteiger partial charge in [-0.2, -0.15) is 15.0 Å². The molecule has 0 unspecified atom stereocenters. The van der Waals surface area contributed by atoms with Gasteiger partial charge in [-0.05, 0) is 31.9 Å². The van der Waals surface area contributed by atoms with Gasteiger partial charge >= 0.3 is 0 Å². The molecule has 2 aromatic rings. The van der Waals surface area contributed by atoms with Crippen LogP contribution in [0.1, 0.15) is 45.4 Å². The predicted molar refractivity (Wildman–Crippen MR) is 96.3 cm³/mol. The van der Waals surface area contributed by atoms with Gasteiger partial charge in [0.05, 0.1) is 0 Å². The van der Waals surface area contributed by atoms with Crippen molar-refractivity contribution >= 4 is 17.6 Å². The highest BCUT2D eigenvalue weighted by molar-refractivity contribution is 5.53. The summed E-state index contributed by atoms with van der Waals surface area (Å²) in [5.74, 6) is 2.13. The van der Waals surface area contributed by atoms with Crippen LogP contribution < -0.4 is 10.2 Å². The molecular weight excluding hydrogens is 286 g/mol. The maximum absolute atomic E-state index is 4.63. The summed E-state index contributed by atoms with van der Waals surface area (Å²) in [5, 5.41) is 3.26. The molecule has 0 atom stereocenters. The lowest BCUT2D eigenvalue weighted by Crippen LogP contribution is -2.28. The molecule has 0 spiro atoms. The van der Waals surface area contributed by atoms with E-state index in [0.717, 1.165) is 43.4 Å². The topological polar surface area (TPSA) is 53.9 Å². The van der Waals surface area contributed by atoms with Gasteiger partial charge in [0, 0.05) is 18.8 Å². The maximum atomic E-state index is 4.63. The summed E-state index contributed by atoms with van der Waals surface area (Å²) < 4.78 is 0. The van der Waals surface area contributed by atoms with Crippen molar-refractivity contribution in [1.82, 2.24) is 15.0 Å². The molecule has 0 saturated carbocycles. The lowest BCUT2D eigenvalue weighted by atomic mass is 10.3. The number of unbranched alkanes of at least 4 members (excludes halogenated alkanes) is 2. The number of hydrogen-bond acceptors (Lipinski definition) is 5. The van der Waals surface area contributed by atoms with Crippen LogP contribution in [0.3, 0.4) is 0 Å². The molecule has 0 aliphatic rings. The number of rotatable bonds is 9. The van der Waals surface area contributed by atoms with Crippen LogP contribution >= 0.6 is 0 Å². The van der Waals surface area contributed by atoms with Crippen molar-refractivity contribution in [2.75, 3.05) is 23.3 Å². The third-order valence-electron chi connectivity index (χ3n) is 3.61. The molecule has 0 amide bonds. The molecule has 2 rings (SSSR count). The van der Waals surface area contributed by atoms with Crippen molar-refractivity contribution in [3.8, 4) is 0 Å². The highest BCUT2D eigenvalue weighted by atomic mass is 15.3. The molecule has 0 fully saturated rings. The first kappa shape index (κ1) is 17.2. The second kappa shape index (κ2) is 9.08. The lowest BCUT2D eigenvalue weighted by molar-refractivity contribution is 0.660. The zero-order chi connectivity index (χ0) is 16.5. The smallest absolute Gasteiger partial charge is 0.232 e. The Kier molecular flexibility index (Phi) is 6.78.